The minimum Gasteiger partial charge on any atom is -0.396 e. The molecule has 8 nitrogen and oxygen atoms in total. The number of hydrogen-bond acceptors (Lipinski definition) is 8. The SMILES string of the molecule is C.N#CCCO.N#Cc1ccccc1.OCCc1nnc(-c2ccccc2)nn1. The lowest BCUT2D eigenvalue weighted by Crippen LogP contribution is -2.04. The van der Waals surface area contributed by atoms with Crippen molar-refractivity contribution in [3.8, 4) is 23.5 Å². The Morgan fingerprint density at radius 3 is 1.69 bits per heavy atom. The van der Waals surface area contributed by atoms with E-state index in [0.29, 0.717) is 23.6 Å². The molecule has 0 aliphatic heterocycles. The third kappa shape index (κ3) is 10.9. The smallest absolute Gasteiger partial charge is 0.203 e. The van der Waals surface area contributed by atoms with Crippen LogP contribution in [0.2, 0.25) is 0 Å². The molecule has 1 aromatic heterocycles. The lowest BCUT2D eigenvalue weighted by molar-refractivity contribution is 0.295. The summed E-state index contributed by atoms with van der Waals surface area (Å²) in [7, 11) is 0. The summed E-state index contributed by atoms with van der Waals surface area (Å²) in [6.45, 7) is -0.00938. The van der Waals surface area contributed by atoms with E-state index < -0.39 is 0 Å². The zero-order valence-electron chi connectivity index (χ0n) is 15.2. The molecule has 0 spiro atoms. The number of aliphatic hydroxyl groups excluding tert-OH is 2. The van der Waals surface area contributed by atoms with E-state index in [0.717, 1.165) is 5.56 Å². The predicted octanol–water partition coefficient (Wildman–Crippen LogP) is 2.56. The molecule has 3 rings (SSSR count). The Morgan fingerprint density at radius 2 is 1.31 bits per heavy atom. The zero-order chi connectivity index (χ0) is 20.5. The zero-order valence-corrected chi connectivity index (χ0v) is 15.2. The molecule has 0 amide bonds. The molecule has 0 aliphatic rings. The molecular weight excluding hydrogens is 368 g/mol. The van der Waals surface area contributed by atoms with Gasteiger partial charge in [-0.1, -0.05) is 56.0 Å². The number of hydrogen-bond donors (Lipinski definition) is 2. The largest absolute Gasteiger partial charge is 0.396 e. The van der Waals surface area contributed by atoms with Crippen LogP contribution in [-0.4, -0.2) is 43.8 Å². The van der Waals surface area contributed by atoms with Gasteiger partial charge in [0.25, 0.3) is 0 Å². The standard InChI is InChI=1S/C10H10N4O.C7H5N.C3H5NO.CH4/c15-7-6-9-11-13-10(14-12-9)8-4-2-1-3-5-8;8-6-7-4-2-1-3-5-7;4-2-1-3-5;/h1-5,15H,6-7H2;1-5H;5H,1,3H2;1H4. The second-order valence-electron chi connectivity index (χ2n) is 5.09. The Kier molecular flexibility index (Phi) is 14.3. The van der Waals surface area contributed by atoms with Crippen molar-refractivity contribution in [2.45, 2.75) is 20.3 Å². The van der Waals surface area contributed by atoms with Crippen LogP contribution in [0.4, 0.5) is 0 Å². The third-order valence-electron chi connectivity index (χ3n) is 3.01. The van der Waals surface area contributed by atoms with Gasteiger partial charge in [0, 0.05) is 12.0 Å². The summed E-state index contributed by atoms with van der Waals surface area (Å²) in [5.41, 5.74) is 1.60. The van der Waals surface area contributed by atoms with Crippen molar-refractivity contribution < 1.29 is 10.2 Å². The van der Waals surface area contributed by atoms with Crippen molar-refractivity contribution in [3.05, 3.63) is 72.1 Å². The summed E-state index contributed by atoms with van der Waals surface area (Å²) >= 11 is 0. The van der Waals surface area contributed by atoms with Crippen LogP contribution in [0, 0.1) is 22.7 Å². The molecule has 0 radical (unpaired) electrons. The van der Waals surface area contributed by atoms with Gasteiger partial charge in [-0.2, -0.15) is 10.5 Å². The van der Waals surface area contributed by atoms with E-state index in [4.69, 9.17) is 20.7 Å². The summed E-state index contributed by atoms with van der Waals surface area (Å²) in [6.07, 6.45) is 0.634. The molecule has 0 saturated heterocycles. The van der Waals surface area contributed by atoms with E-state index in [1.54, 1.807) is 18.2 Å². The van der Waals surface area contributed by atoms with Crippen molar-refractivity contribution in [2.75, 3.05) is 13.2 Å². The molecule has 0 aliphatic carbocycles. The summed E-state index contributed by atoms with van der Waals surface area (Å²) < 4.78 is 0. The van der Waals surface area contributed by atoms with Crippen LogP contribution in [0.1, 0.15) is 25.2 Å². The normalized spacial score (nSPS) is 8.55. The van der Waals surface area contributed by atoms with Crippen LogP contribution >= 0.6 is 0 Å². The highest BCUT2D eigenvalue weighted by Gasteiger charge is 2.02. The maximum atomic E-state index is 8.67. The van der Waals surface area contributed by atoms with Gasteiger partial charge in [0.15, 0.2) is 5.82 Å². The van der Waals surface area contributed by atoms with E-state index in [1.165, 1.54) is 0 Å². The van der Waals surface area contributed by atoms with Crippen molar-refractivity contribution in [3.63, 3.8) is 0 Å². The van der Waals surface area contributed by atoms with E-state index in [-0.39, 0.29) is 27.1 Å². The number of nitrogens with zero attached hydrogens (tertiary/aromatic N) is 6. The van der Waals surface area contributed by atoms with E-state index in [1.807, 2.05) is 54.6 Å². The Balaban J connectivity index is 0.000000473. The molecule has 1 heterocycles. The Morgan fingerprint density at radius 1 is 0.759 bits per heavy atom. The molecule has 2 aromatic carbocycles. The molecule has 0 fully saturated rings. The van der Waals surface area contributed by atoms with Crippen LogP contribution < -0.4 is 0 Å². The van der Waals surface area contributed by atoms with Crippen LogP contribution in [-0.2, 0) is 6.42 Å². The Bertz CT molecular complexity index is 860. The van der Waals surface area contributed by atoms with Crippen molar-refractivity contribution in [1.29, 1.82) is 10.5 Å². The minimum absolute atomic E-state index is 0. The van der Waals surface area contributed by atoms with Gasteiger partial charge in [-0.25, -0.2) is 0 Å². The average molecular weight is 392 g/mol. The summed E-state index contributed by atoms with van der Waals surface area (Å²) in [4.78, 5) is 0. The van der Waals surface area contributed by atoms with Gasteiger partial charge >= 0.3 is 0 Å². The van der Waals surface area contributed by atoms with E-state index in [9.17, 15) is 0 Å². The number of aromatic nitrogens is 4. The lowest BCUT2D eigenvalue weighted by Gasteiger charge is -1.98. The fraction of sp³-hybridized carbons (Fsp3) is 0.238. The Labute approximate surface area is 170 Å². The Hall–Kier alpha value is -3.72. The highest BCUT2D eigenvalue weighted by atomic mass is 16.3. The lowest BCUT2D eigenvalue weighted by atomic mass is 10.2. The predicted molar refractivity (Wildman–Crippen MR) is 109 cm³/mol. The van der Waals surface area contributed by atoms with Gasteiger partial charge in [-0.15, -0.1) is 20.4 Å². The molecule has 8 heteroatoms. The second-order valence-corrected chi connectivity index (χ2v) is 5.09. The van der Waals surface area contributed by atoms with Crippen molar-refractivity contribution in [2.24, 2.45) is 0 Å². The number of nitriles is 2. The molecule has 0 saturated carbocycles. The van der Waals surface area contributed by atoms with Crippen LogP contribution in [0.25, 0.3) is 11.4 Å². The highest BCUT2D eigenvalue weighted by molar-refractivity contribution is 5.52. The van der Waals surface area contributed by atoms with Gasteiger partial charge in [0.1, 0.15) is 0 Å². The van der Waals surface area contributed by atoms with Crippen LogP contribution in [0.15, 0.2) is 60.7 Å². The molecule has 0 bridgehead atoms. The second kappa shape index (κ2) is 16.5. The van der Waals surface area contributed by atoms with Crippen molar-refractivity contribution >= 4 is 0 Å². The van der Waals surface area contributed by atoms with Gasteiger partial charge in [0.2, 0.25) is 5.82 Å². The van der Waals surface area contributed by atoms with Crippen LogP contribution in [0.3, 0.4) is 0 Å². The maximum absolute atomic E-state index is 8.67. The monoisotopic (exact) mass is 392 g/mol. The molecule has 29 heavy (non-hydrogen) atoms. The fourth-order valence-corrected chi connectivity index (χ4v) is 1.72. The first-order valence-corrected chi connectivity index (χ1v) is 8.40. The first-order chi connectivity index (χ1) is 13.7. The quantitative estimate of drug-likeness (QED) is 0.690. The third-order valence-corrected chi connectivity index (χ3v) is 3.01. The molecular formula is C21H24N6O2. The fourth-order valence-electron chi connectivity index (χ4n) is 1.72. The average Bonchev–Trinajstić information content (AvgIpc) is 2.77. The first kappa shape index (κ1) is 25.3. The molecule has 0 unspecified atom stereocenters. The molecule has 150 valence electrons. The maximum Gasteiger partial charge on any atom is 0.203 e. The van der Waals surface area contributed by atoms with E-state index >= 15 is 0 Å². The van der Waals surface area contributed by atoms with Crippen molar-refractivity contribution in [1.82, 2.24) is 20.4 Å². The first-order valence-electron chi connectivity index (χ1n) is 8.40. The number of benzene rings is 2. The summed E-state index contributed by atoms with van der Waals surface area (Å²) in [5.74, 6) is 0.953. The number of rotatable bonds is 4. The highest BCUT2D eigenvalue weighted by Crippen LogP contribution is 2.10. The van der Waals surface area contributed by atoms with Gasteiger partial charge < -0.3 is 10.2 Å². The minimum atomic E-state index is -0.0174. The van der Waals surface area contributed by atoms with Gasteiger partial charge in [-0.05, 0) is 12.1 Å². The summed E-state index contributed by atoms with van der Waals surface area (Å²) in [6, 6.07) is 22.4. The molecule has 2 N–H and O–H groups in total. The molecule has 3 aromatic rings. The molecule has 0 atom stereocenters. The van der Waals surface area contributed by atoms with E-state index in [2.05, 4.69) is 20.4 Å². The van der Waals surface area contributed by atoms with Crippen LogP contribution in [0.5, 0.6) is 0 Å². The summed E-state index contributed by atoms with van der Waals surface area (Å²) in [5, 5.41) is 48.0. The van der Waals surface area contributed by atoms with Gasteiger partial charge in [-0.3, -0.25) is 0 Å². The number of aliphatic hydroxyl groups is 2. The topological polar surface area (TPSA) is 140 Å². The van der Waals surface area contributed by atoms with Gasteiger partial charge in [0.05, 0.1) is 37.3 Å².